The first kappa shape index (κ1) is 17.1. The van der Waals surface area contributed by atoms with Crippen molar-refractivity contribution in [3.05, 3.63) is 28.8 Å². The summed E-state index contributed by atoms with van der Waals surface area (Å²) < 4.78 is 38.1. The molecule has 1 fully saturated rings. The number of benzene rings is 1. The minimum atomic E-state index is -4.47. The van der Waals surface area contributed by atoms with E-state index in [1.165, 1.54) is 0 Å². The molecule has 1 atom stereocenters. The van der Waals surface area contributed by atoms with Crippen LogP contribution in [0.25, 0.3) is 0 Å². The van der Waals surface area contributed by atoms with Gasteiger partial charge in [-0.2, -0.15) is 13.2 Å². The van der Waals surface area contributed by atoms with Crippen molar-refractivity contribution < 1.29 is 18.0 Å². The van der Waals surface area contributed by atoms with Crippen LogP contribution in [-0.2, 0) is 11.0 Å². The predicted octanol–water partition coefficient (Wildman–Crippen LogP) is 4.17. The first-order valence-corrected chi connectivity index (χ1v) is 7.56. The summed E-state index contributed by atoms with van der Waals surface area (Å²) >= 11 is 5.87. The number of hydrogen-bond donors (Lipinski definition) is 1. The van der Waals surface area contributed by atoms with Crippen LogP contribution in [0.15, 0.2) is 18.2 Å². The minimum absolute atomic E-state index is 0.00819. The number of alkyl halides is 3. The highest BCUT2D eigenvalue weighted by molar-refractivity contribution is 6.33. The average Bonchev–Trinajstić information content (AvgIpc) is 2.42. The number of carbonyl (C=O) groups excluding carboxylic acids is 1. The topological polar surface area (TPSA) is 32.3 Å². The number of likely N-dealkylation sites (tertiary alicyclic amines) is 1. The second kappa shape index (κ2) is 6.87. The lowest BCUT2D eigenvalue weighted by Gasteiger charge is -2.32. The van der Waals surface area contributed by atoms with E-state index >= 15 is 0 Å². The maximum absolute atomic E-state index is 12.7. The molecule has 1 saturated heterocycles. The molecule has 0 aromatic heterocycles. The van der Waals surface area contributed by atoms with E-state index in [4.69, 9.17) is 11.6 Å². The molecule has 1 amide bonds. The Bertz CT molecular complexity index is 548. The van der Waals surface area contributed by atoms with Gasteiger partial charge in [0.2, 0.25) is 5.91 Å². The van der Waals surface area contributed by atoms with Gasteiger partial charge in [-0.15, -0.1) is 0 Å². The van der Waals surface area contributed by atoms with Gasteiger partial charge in [-0.1, -0.05) is 18.0 Å². The highest BCUT2D eigenvalue weighted by Gasteiger charge is 2.31. The van der Waals surface area contributed by atoms with Gasteiger partial charge in [0.05, 0.1) is 22.8 Å². The molecule has 1 aromatic carbocycles. The molecule has 0 saturated carbocycles. The number of hydrogen-bond acceptors (Lipinski definition) is 2. The number of amides is 1. The Morgan fingerprint density at radius 3 is 2.77 bits per heavy atom. The van der Waals surface area contributed by atoms with Crippen molar-refractivity contribution in [2.75, 3.05) is 18.4 Å². The third kappa shape index (κ3) is 4.36. The molecule has 1 N–H and O–H groups in total. The molecule has 122 valence electrons. The van der Waals surface area contributed by atoms with Crippen LogP contribution in [0.5, 0.6) is 0 Å². The van der Waals surface area contributed by atoms with Crippen molar-refractivity contribution >= 4 is 23.2 Å². The van der Waals surface area contributed by atoms with E-state index in [-0.39, 0.29) is 23.2 Å². The van der Waals surface area contributed by atoms with Gasteiger partial charge in [0.1, 0.15) is 0 Å². The standard InChI is InChI=1S/C15H18ClF3N2O/c1-10-4-2-3-7-21(10)9-14(22)20-13-8-11(15(17,18)19)5-6-12(13)16/h5-6,8,10H,2-4,7,9H2,1H3,(H,20,22)/t10-/m0/s1. The third-order valence-electron chi connectivity index (χ3n) is 3.86. The smallest absolute Gasteiger partial charge is 0.324 e. The normalized spacial score (nSPS) is 20.0. The van der Waals surface area contributed by atoms with Crippen molar-refractivity contribution in [2.45, 2.75) is 38.4 Å². The number of nitrogens with zero attached hydrogens (tertiary/aromatic N) is 1. The number of carbonyl (C=O) groups is 1. The summed E-state index contributed by atoms with van der Waals surface area (Å²) in [5.74, 6) is -0.352. The van der Waals surface area contributed by atoms with Crippen molar-refractivity contribution in [2.24, 2.45) is 0 Å². The van der Waals surface area contributed by atoms with Crippen molar-refractivity contribution in [1.82, 2.24) is 4.90 Å². The fraction of sp³-hybridized carbons (Fsp3) is 0.533. The molecule has 22 heavy (non-hydrogen) atoms. The summed E-state index contributed by atoms with van der Waals surface area (Å²) in [5.41, 5.74) is -0.843. The van der Waals surface area contributed by atoms with Gasteiger partial charge in [0.15, 0.2) is 0 Å². The van der Waals surface area contributed by atoms with Crippen LogP contribution in [0.1, 0.15) is 31.7 Å². The van der Waals surface area contributed by atoms with Gasteiger partial charge in [0.25, 0.3) is 0 Å². The zero-order valence-electron chi connectivity index (χ0n) is 12.2. The largest absolute Gasteiger partial charge is 0.416 e. The molecular formula is C15H18ClF3N2O. The molecule has 2 rings (SSSR count). The van der Waals surface area contributed by atoms with E-state index in [0.29, 0.717) is 6.04 Å². The Morgan fingerprint density at radius 1 is 1.41 bits per heavy atom. The molecule has 1 aromatic rings. The van der Waals surface area contributed by atoms with Crippen LogP contribution in [0.3, 0.4) is 0 Å². The van der Waals surface area contributed by atoms with Crippen LogP contribution >= 0.6 is 11.6 Å². The SMILES string of the molecule is C[C@H]1CCCCN1CC(=O)Nc1cc(C(F)(F)F)ccc1Cl. The quantitative estimate of drug-likeness (QED) is 0.899. The Hall–Kier alpha value is -1.27. The highest BCUT2D eigenvalue weighted by Crippen LogP contribution is 2.33. The van der Waals surface area contributed by atoms with Gasteiger partial charge >= 0.3 is 6.18 Å². The molecule has 0 bridgehead atoms. The van der Waals surface area contributed by atoms with Crippen molar-refractivity contribution in [3.63, 3.8) is 0 Å². The maximum Gasteiger partial charge on any atom is 0.416 e. The minimum Gasteiger partial charge on any atom is -0.324 e. The van der Waals surface area contributed by atoms with E-state index in [1.807, 2.05) is 11.8 Å². The summed E-state index contributed by atoms with van der Waals surface area (Å²) in [6, 6.07) is 3.20. The first-order chi connectivity index (χ1) is 10.3. The molecule has 0 spiro atoms. The Balaban J connectivity index is 2.04. The molecule has 3 nitrogen and oxygen atoms in total. The predicted molar refractivity (Wildman–Crippen MR) is 80.0 cm³/mol. The number of nitrogens with one attached hydrogen (secondary N) is 1. The lowest BCUT2D eigenvalue weighted by atomic mass is 10.0. The fourth-order valence-electron chi connectivity index (χ4n) is 2.56. The zero-order chi connectivity index (χ0) is 16.3. The maximum atomic E-state index is 12.7. The Morgan fingerprint density at radius 2 is 2.14 bits per heavy atom. The van der Waals surface area contributed by atoms with E-state index in [1.54, 1.807) is 0 Å². The number of piperidine rings is 1. The fourth-order valence-corrected chi connectivity index (χ4v) is 2.73. The van der Waals surface area contributed by atoms with Gasteiger partial charge in [0, 0.05) is 6.04 Å². The summed E-state index contributed by atoms with van der Waals surface area (Å²) in [4.78, 5) is 14.1. The molecule has 0 radical (unpaired) electrons. The third-order valence-corrected chi connectivity index (χ3v) is 4.18. The molecule has 1 aliphatic rings. The number of anilines is 1. The molecular weight excluding hydrogens is 317 g/mol. The molecule has 0 aliphatic carbocycles. The number of halogens is 4. The summed E-state index contributed by atoms with van der Waals surface area (Å²) in [6.07, 6.45) is -1.27. The van der Waals surface area contributed by atoms with Crippen LogP contribution in [-0.4, -0.2) is 29.9 Å². The summed E-state index contributed by atoms with van der Waals surface area (Å²) in [6.45, 7) is 3.03. The number of rotatable bonds is 3. The van der Waals surface area contributed by atoms with Crippen LogP contribution in [0, 0.1) is 0 Å². The van der Waals surface area contributed by atoms with E-state index in [0.717, 1.165) is 44.0 Å². The second-order valence-corrected chi connectivity index (χ2v) is 5.96. The molecule has 1 aliphatic heterocycles. The Kier molecular flexibility index (Phi) is 5.34. The van der Waals surface area contributed by atoms with Crippen molar-refractivity contribution in [3.8, 4) is 0 Å². The lowest BCUT2D eigenvalue weighted by Crippen LogP contribution is -2.42. The van der Waals surface area contributed by atoms with E-state index < -0.39 is 11.7 Å². The van der Waals surface area contributed by atoms with Crippen molar-refractivity contribution in [1.29, 1.82) is 0 Å². The first-order valence-electron chi connectivity index (χ1n) is 7.18. The van der Waals surface area contributed by atoms with E-state index in [9.17, 15) is 18.0 Å². The average molecular weight is 335 g/mol. The van der Waals surface area contributed by atoms with Crippen LogP contribution in [0.4, 0.5) is 18.9 Å². The van der Waals surface area contributed by atoms with Crippen LogP contribution in [0.2, 0.25) is 5.02 Å². The van der Waals surface area contributed by atoms with Gasteiger partial charge in [-0.25, -0.2) is 0 Å². The van der Waals surface area contributed by atoms with E-state index in [2.05, 4.69) is 5.32 Å². The molecule has 7 heteroatoms. The summed E-state index contributed by atoms with van der Waals surface area (Å²) in [7, 11) is 0. The molecule has 1 heterocycles. The van der Waals surface area contributed by atoms with Crippen LogP contribution < -0.4 is 5.32 Å². The molecule has 0 unspecified atom stereocenters. The summed E-state index contributed by atoms with van der Waals surface area (Å²) in [5, 5.41) is 2.57. The lowest BCUT2D eigenvalue weighted by molar-refractivity contribution is -0.137. The zero-order valence-corrected chi connectivity index (χ0v) is 13.0. The Labute approximate surface area is 132 Å². The van der Waals surface area contributed by atoms with Gasteiger partial charge in [-0.3, -0.25) is 9.69 Å². The highest BCUT2D eigenvalue weighted by atomic mass is 35.5. The van der Waals surface area contributed by atoms with Gasteiger partial charge in [-0.05, 0) is 44.5 Å². The monoisotopic (exact) mass is 334 g/mol. The second-order valence-electron chi connectivity index (χ2n) is 5.56. The van der Waals surface area contributed by atoms with Gasteiger partial charge < -0.3 is 5.32 Å².